The summed E-state index contributed by atoms with van der Waals surface area (Å²) in [6.45, 7) is 21.0. The lowest BCUT2D eigenvalue weighted by atomic mass is 10.2. The van der Waals surface area contributed by atoms with Crippen LogP contribution >= 0.6 is 0 Å². The Morgan fingerprint density at radius 2 is 1.57 bits per heavy atom. The van der Waals surface area contributed by atoms with E-state index in [0.717, 1.165) is 12.3 Å². The Hall–Kier alpha value is -1.63. The molecule has 0 aromatic carbocycles. The molecule has 1 rings (SSSR count). The monoisotopic (exact) mass is 405 g/mol. The van der Waals surface area contributed by atoms with Gasteiger partial charge in [-0.3, -0.25) is 14.4 Å². The number of carbonyl (C=O) groups excluding carboxylic acids is 3. The molecule has 7 nitrogen and oxygen atoms in total. The third kappa shape index (κ3) is 24.4. The summed E-state index contributed by atoms with van der Waals surface area (Å²) in [6.07, 6.45) is 1.84. The second kappa shape index (κ2) is 21.7. The van der Waals surface area contributed by atoms with Crippen LogP contribution in [-0.4, -0.2) is 55.0 Å². The molecule has 1 fully saturated rings. The fraction of sp³-hybridized carbons (Fsp3) is 0.857. The molecule has 3 N–H and O–H groups in total. The number of hydrogen-bond donors (Lipinski definition) is 2. The molecule has 28 heavy (non-hydrogen) atoms. The Morgan fingerprint density at radius 3 is 1.86 bits per heavy atom. The van der Waals surface area contributed by atoms with Crippen LogP contribution in [0.3, 0.4) is 0 Å². The zero-order valence-electron chi connectivity index (χ0n) is 20.2. The Morgan fingerprint density at radius 1 is 1.18 bits per heavy atom. The maximum Gasteiger partial charge on any atom is 0.242 e. The standard InChI is InChI=1S/C8H13N3O3.C5H12O.C4H10.2C2H6/c9-8(14)6-2-1-3-11(6)7(13)4-10-5-12;1-5(2,3)6-4;1-4(2)3;2*1-2/h5-6H,1-4H2,(H2,9,14)(H,10,12);1-4H3;4H,1-3H3;2*1-2H3/t6-;;;;/m0..../s1. The second-order valence-corrected chi connectivity index (χ2v) is 7.19. The molecule has 1 aliphatic rings. The Bertz CT molecular complexity index is 378. The van der Waals surface area contributed by atoms with Crippen molar-refractivity contribution < 1.29 is 19.1 Å². The van der Waals surface area contributed by atoms with E-state index in [1.54, 1.807) is 7.11 Å². The van der Waals surface area contributed by atoms with Crippen LogP contribution < -0.4 is 11.1 Å². The molecular weight excluding hydrogens is 358 g/mol. The maximum atomic E-state index is 11.4. The van der Waals surface area contributed by atoms with Crippen molar-refractivity contribution in [3.8, 4) is 0 Å². The average molecular weight is 406 g/mol. The second-order valence-electron chi connectivity index (χ2n) is 7.19. The Balaban J connectivity index is -0.000000172. The average Bonchev–Trinajstić information content (AvgIpc) is 3.13. The molecule has 1 atom stereocenters. The predicted molar refractivity (Wildman–Crippen MR) is 118 cm³/mol. The molecule has 0 radical (unpaired) electrons. The molecule has 170 valence electrons. The molecule has 3 amide bonds. The topological polar surface area (TPSA) is 102 Å². The number of ether oxygens (including phenoxy) is 1. The minimum atomic E-state index is -0.504. The smallest absolute Gasteiger partial charge is 0.242 e. The van der Waals surface area contributed by atoms with E-state index >= 15 is 0 Å². The van der Waals surface area contributed by atoms with Crippen LogP contribution in [0.15, 0.2) is 0 Å². The van der Waals surface area contributed by atoms with Gasteiger partial charge in [-0.2, -0.15) is 0 Å². The molecule has 0 aromatic rings. The summed E-state index contributed by atoms with van der Waals surface area (Å²) < 4.78 is 4.94. The van der Waals surface area contributed by atoms with Crippen LogP contribution in [0.25, 0.3) is 0 Å². The molecule has 1 heterocycles. The fourth-order valence-electron chi connectivity index (χ4n) is 1.59. The van der Waals surface area contributed by atoms with Gasteiger partial charge in [0.2, 0.25) is 18.2 Å². The molecular formula is C21H47N3O4. The minimum absolute atomic E-state index is 0.0417. The minimum Gasteiger partial charge on any atom is -0.379 e. The van der Waals surface area contributed by atoms with Crippen LogP contribution in [0, 0.1) is 5.92 Å². The van der Waals surface area contributed by atoms with E-state index < -0.39 is 11.9 Å². The van der Waals surface area contributed by atoms with Crippen molar-refractivity contribution in [3.05, 3.63) is 0 Å². The summed E-state index contributed by atoms with van der Waals surface area (Å²) in [5.74, 6) is 0.0837. The molecule has 0 aromatic heterocycles. The summed E-state index contributed by atoms with van der Waals surface area (Å²) >= 11 is 0. The number of nitrogens with zero attached hydrogens (tertiary/aromatic N) is 1. The van der Waals surface area contributed by atoms with Crippen LogP contribution in [-0.2, 0) is 19.1 Å². The van der Waals surface area contributed by atoms with Crippen molar-refractivity contribution in [2.75, 3.05) is 20.2 Å². The van der Waals surface area contributed by atoms with Crippen molar-refractivity contribution in [3.63, 3.8) is 0 Å². The summed E-state index contributed by atoms with van der Waals surface area (Å²) in [5, 5.41) is 2.26. The van der Waals surface area contributed by atoms with Gasteiger partial charge in [-0.1, -0.05) is 48.5 Å². The molecule has 1 saturated heterocycles. The number of likely N-dealkylation sites (tertiary alicyclic amines) is 1. The van der Waals surface area contributed by atoms with E-state index in [2.05, 4.69) is 26.1 Å². The lowest BCUT2D eigenvalue weighted by Gasteiger charge is -2.21. The molecule has 7 heteroatoms. The fourth-order valence-corrected chi connectivity index (χ4v) is 1.59. The Labute approximate surface area is 173 Å². The van der Waals surface area contributed by atoms with Gasteiger partial charge in [-0.25, -0.2) is 0 Å². The van der Waals surface area contributed by atoms with E-state index in [9.17, 15) is 14.4 Å². The van der Waals surface area contributed by atoms with E-state index in [1.165, 1.54) is 4.90 Å². The number of primary amides is 1. The molecule has 0 bridgehead atoms. The van der Waals surface area contributed by atoms with Crippen LogP contribution in [0.1, 0.15) is 82.1 Å². The normalized spacial score (nSPS) is 14.6. The number of amides is 3. The highest BCUT2D eigenvalue weighted by atomic mass is 16.5. The van der Waals surface area contributed by atoms with Gasteiger partial charge >= 0.3 is 0 Å². The van der Waals surface area contributed by atoms with Gasteiger partial charge in [0.25, 0.3) is 0 Å². The third-order valence-electron chi connectivity index (χ3n) is 2.85. The summed E-state index contributed by atoms with van der Waals surface area (Å²) in [7, 11) is 1.71. The number of nitrogens with one attached hydrogen (secondary N) is 1. The summed E-state index contributed by atoms with van der Waals surface area (Å²) in [4.78, 5) is 33.7. The van der Waals surface area contributed by atoms with Gasteiger partial charge in [0.15, 0.2) is 0 Å². The quantitative estimate of drug-likeness (QED) is 0.700. The van der Waals surface area contributed by atoms with Crippen molar-refractivity contribution in [2.45, 2.75) is 93.7 Å². The lowest BCUT2D eigenvalue weighted by molar-refractivity contribution is -0.137. The van der Waals surface area contributed by atoms with Crippen molar-refractivity contribution >= 4 is 18.2 Å². The van der Waals surface area contributed by atoms with E-state index in [4.69, 9.17) is 10.5 Å². The molecule has 1 aliphatic heterocycles. The van der Waals surface area contributed by atoms with Crippen molar-refractivity contribution in [2.24, 2.45) is 11.7 Å². The first-order valence-corrected chi connectivity index (χ1v) is 10.3. The number of nitrogens with two attached hydrogens (primary N) is 1. The number of rotatable bonds is 4. The van der Waals surface area contributed by atoms with Gasteiger partial charge in [0.1, 0.15) is 6.04 Å². The number of hydrogen-bond acceptors (Lipinski definition) is 4. The molecule has 0 spiro atoms. The predicted octanol–water partition coefficient (Wildman–Crippen LogP) is 3.35. The van der Waals surface area contributed by atoms with Crippen LogP contribution in [0.5, 0.6) is 0 Å². The SMILES string of the molecule is CC.CC.CC(C)C.COC(C)(C)C.NC(=O)[C@@H]1CCCN1C(=O)CNC=O. The molecule has 0 unspecified atom stereocenters. The summed E-state index contributed by atoms with van der Waals surface area (Å²) in [6, 6.07) is -0.504. The largest absolute Gasteiger partial charge is 0.379 e. The van der Waals surface area contributed by atoms with Crippen LogP contribution in [0.4, 0.5) is 0 Å². The third-order valence-corrected chi connectivity index (χ3v) is 2.85. The van der Waals surface area contributed by atoms with E-state index in [-0.39, 0.29) is 18.1 Å². The number of carbonyl (C=O) groups is 3. The maximum absolute atomic E-state index is 11.4. The first-order valence-electron chi connectivity index (χ1n) is 10.3. The van der Waals surface area contributed by atoms with Crippen molar-refractivity contribution in [1.29, 1.82) is 0 Å². The first kappa shape index (κ1) is 33.9. The van der Waals surface area contributed by atoms with Crippen LogP contribution in [0.2, 0.25) is 0 Å². The lowest BCUT2D eigenvalue weighted by Crippen LogP contribution is -2.46. The highest BCUT2D eigenvalue weighted by molar-refractivity contribution is 5.88. The van der Waals surface area contributed by atoms with Gasteiger partial charge in [-0.15, -0.1) is 0 Å². The first-order chi connectivity index (χ1) is 13.0. The highest BCUT2D eigenvalue weighted by Gasteiger charge is 2.31. The van der Waals surface area contributed by atoms with E-state index in [0.29, 0.717) is 19.4 Å². The van der Waals surface area contributed by atoms with Gasteiger partial charge in [0.05, 0.1) is 12.1 Å². The molecule has 0 aliphatic carbocycles. The van der Waals surface area contributed by atoms with Crippen molar-refractivity contribution in [1.82, 2.24) is 10.2 Å². The Kier molecular flexibility index (Phi) is 26.2. The van der Waals surface area contributed by atoms with Gasteiger partial charge < -0.3 is 20.7 Å². The van der Waals surface area contributed by atoms with Gasteiger partial charge in [-0.05, 0) is 39.5 Å². The van der Waals surface area contributed by atoms with Gasteiger partial charge in [0, 0.05) is 13.7 Å². The highest BCUT2D eigenvalue weighted by Crippen LogP contribution is 2.16. The summed E-state index contributed by atoms with van der Waals surface area (Å²) in [5.41, 5.74) is 5.17. The molecule has 0 saturated carbocycles. The zero-order valence-corrected chi connectivity index (χ0v) is 20.2. The zero-order chi connectivity index (χ0) is 23.3. The van der Waals surface area contributed by atoms with E-state index in [1.807, 2.05) is 48.5 Å². The number of methoxy groups -OCH3 is 1.